The molecule has 1 aliphatic heterocycles. The molecule has 0 spiro atoms. The van der Waals surface area contributed by atoms with Gasteiger partial charge in [-0.05, 0) is 31.1 Å². The molecule has 1 unspecified atom stereocenters. The number of nitrogens with zero attached hydrogens (tertiary/aromatic N) is 1. The molecule has 1 aliphatic rings. The molecule has 0 aliphatic carbocycles. The van der Waals surface area contributed by atoms with E-state index in [1.54, 1.807) is 14.2 Å². The molecule has 1 aromatic carbocycles. The Hall–Kier alpha value is -0.970. The number of halogens is 1. The fourth-order valence-corrected chi connectivity index (χ4v) is 3.01. The van der Waals surface area contributed by atoms with Crippen LogP contribution in [-0.2, 0) is 6.54 Å². The fourth-order valence-electron chi connectivity index (χ4n) is 2.72. The average molecular weight is 299 g/mol. The van der Waals surface area contributed by atoms with Gasteiger partial charge in [-0.2, -0.15) is 0 Å². The van der Waals surface area contributed by atoms with Gasteiger partial charge in [-0.1, -0.05) is 24.6 Å². The second kappa shape index (κ2) is 7.16. The molecule has 1 atom stereocenters. The molecule has 2 rings (SSSR count). The molecule has 0 saturated carbocycles. The summed E-state index contributed by atoms with van der Waals surface area (Å²) in [6.07, 6.45) is 1.19. The van der Waals surface area contributed by atoms with Gasteiger partial charge < -0.3 is 14.8 Å². The number of nitrogens with one attached hydrogen (secondary N) is 1. The van der Waals surface area contributed by atoms with Crippen molar-refractivity contribution in [3.05, 3.63) is 22.7 Å². The van der Waals surface area contributed by atoms with E-state index in [9.17, 15) is 0 Å². The largest absolute Gasteiger partial charge is 0.493 e. The Kier molecular flexibility index (Phi) is 5.52. The normalized spacial score (nSPS) is 18.6. The fraction of sp³-hybridized carbons (Fsp3) is 0.600. The molecular formula is C15H23ClN2O2. The van der Waals surface area contributed by atoms with Gasteiger partial charge in [0.1, 0.15) is 0 Å². The van der Waals surface area contributed by atoms with Gasteiger partial charge in [0.05, 0.1) is 19.2 Å². The van der Waals surface area contributed by atoms with Crippen LogP contribution in [0.5, 0.6) is 11.5 Å². The van der Waals surface area contributed by atoms with Gasteiger partial charge in [0, 0.05) is 19.1 Å². The van der Waals surface area contributed by atoms with Crippen LogP contribution in [0.1, 0.15) is 18.9 Å². The molecule has 0 bridgehead atoms. The molecular weight excluding hydrogens is 276 g/mol. The van der Waals surface area contributed by atoms with Crippen LogP contribution in [-0.4, -0.2) is 44.8 Å². The van der Waals surface area contributed by atoms with Gasteiger partial charge in [-0.15, -0.1) is 0 Å². The molecule has 5 heteroatoms. The number of benzene rings is 1. The first-order chi connectivity index (χ1) is 9.71. The SMILES string of the molecule is CCN(Cc1ccc(OC)c(OC)c1Cl)C1CCNC1. The summed E-state index contributed by atoms with van der Waals surface area (Å²) in [6.45, 7) is 6.19. The van der Waals surface area contributed by atoms with Crippen molar-refractivity contribution in [3.63, 3.8) is 0 Å². The minimum Gasteiger partial charge on any atom is -0.493 e. The number of hydrogen-bond donors (Lipinski definition) is 1. The van der Waals surface area contributed by atoms with Crippen LogP contribution in [0.4, 0.5) is 0 Å². The minimum absolute atomic E-state index is 0.587. The van der Waals surface area contributed by atoms with Crippen molar-refractivity contribution in [1.82, 2.24) is 10.2 Å². The summed E-state index contributed by atoms with van der Waals surface area (Å²) in [6, 6.07) is 4.53. The zero-order valence-corrected chi connectivity index (χ0v) is 13.2. The smallest absolute Gasteiger partial charge is 0.179 e. The van der Waals surface area contributed by atoms with E-state index >= 15 is 0 Å². The average Bonchev–Trinajstić information content (AvgIpc) is 2.99. The maximum Gasteiger partial charge on any atom is 0.179 e. The Morgan fingerprint density at radius 1 is 1.35 bits per heavy atom. The molecule has 112 valence electrons. The van der Waals surface area contributed by atoms with Gasteiger partial charge in [0.2, 0.25) is 0 Å². The number of likely N-dealkylation sites (N-methyl/N-ethyl adjacent to an activating group) is 1. The predicted octanol–water partition coefficient (Wildman–Crippen LogP) is 2.54. The quantitative estimate of drug-likeness (QED) is 0.875. The van der Waals surface area contributed by atoms with Crippen molar-refractivity contribution >= 4 is 11.6 Å². The first-order valence-electron chi connectivity index (χ1n) is 7.05. The summed E-state index contributed by atoms with van der Waals surface area (Å²) in [5, 5.41) is 4.06. The lowest BCUT2D eigenvalue weighted by molar-refractivity contribution is 0.210. The van der Waals surface area contributed by atoms with Crippen LogP contribution in [0.25, 0.3) is 0 Å². The van der Waals surface area contributed by atoms with Crippen molar-refractivity contribution in [2.75, 3.05) is 33.9 Å². The van der Waals surface area contributed by atoms with E-state index < -0.39 is 0 Å². The van der Waals surface area contributed by atoms with Crippen molar-refractivity contribution in [2.45, 2.75) is 25.9 Å². The molecule has 0 aromatic heterocycles. The second-order valence-electron chi connectivity index (χ2n) is 4.98. The highest BCUT2D eigenvalue weighted by molar-refractivity contribution is 6.33. The van der Waals surface area contributed by atoms with Gasteiger partial charge in [-0.25, -0.2) is 0 Å². The Balaban J connectivity index is 2.19. The Morgan fingerprint density at radius 2 is 2.15 bits per heavy atom. The van der Waals surface area contributed by atoms with E-state index in [-0.39, 0.29) is 0 Å². The molecule has 20 heavy (non-hydrogen) atoms. The van der Waals surface area contributed by atoms with Crippen LogP contribution in [0.2, 0.25) is 5.02 Å². The Morgan fingerprint density at radius 3 is 2.70 bits per heavy atom. The molecule has 0 amide bonds. The highest BCUT2D eigenvalue weighted by atomic mass is 35.5. The number of ether oxygens (including phenoxy) is 2. The first kappa shape index (κ1) is 15.4. The zero-order chi connectivity index (χ0) is 14.5. The van der Waals surface area contributed by atoms with Gasteiger partial charge in [0.25, 0.3) is 0 Å². The zero-order valence-electron chi connectivity index (χ0n) is 12.4. The van der Waals surface area contributed by atoms with Crippen molar-refractivity contribution in [1.29, 1.82) is 0 Å². The maximum absolute atomic E-state index is 6.45. The van der Waals surface area contributed by atoms with Crippen molar-refractivity contribution in [3.8, 4) is 11.5 Å². The topological polar surface area (TPSA) is 33.7 Å². The third kappa shape index (κ3) is 3.19. The van der Waals surface area contributed by atoms with Crippen molar-refractivity contribution < 1.29 is 9.47 Å². The summed E-state index contributed by atoms with van der Waals surface area (Å²) >= 11 is 6.45. The number of hydrogen-bond acceptors (Lipinski definition) is 4. The second-order valence-corrected chi connectivity index (χ2v) is 5.36. The lowest BCUT2D eigenvalue weighted by Gasteiger charge is -2.27. The van der Waals surface area contributed by atoms with E-state index in [1.165, 1.54) is 6.42 Å². The molecule has 1 saturated heterocycles. The van der Waals surface area contributed by atoms with E-state index in [0.29, 0.717) is 22.6 Å². The van der Waals surface area contributed by atoms with E-state index in [1.807, 2.05) is 12.1 Å². The highest BCUT2D eigenvalue weighted by Gasteiger charge is 2.23. The highest BCUT2D eigenvalue weighted by Crippen LogP contribution is 2.37. The molecule has 0 radical (unpaired) electrons. The third-order valence-corrected chi connectivity index (χ3v) is 4.31. The lowest BCUT2D eigenvalue weighted by Crippen LogP contribution is -2.36. The first-order valence-corrected chi connectivity index (χ1v) is 7.43. The standard InChI is InChI=1S/C15H23ClN2O2/c1-4-18(12-7-8-17-9-12)10-11-5-6-13(19-2)15(20-3)14(11)16/h5-6,12,17H,4,7-10H2,1-3H3. The summed E-state index contributed by atoms with van der Waals surface area (Å²) in [7, 11) is 3.24. The van der Waals surface area contributed by atoms with E-state index in [2.05, 4.69) is 17.1 Å². The molecule has 1 aromatic rings. The van der Waals surface area contributed by atoms with Crippen molar-refractivity contribution in [2.24, 2.45) is 0 Å². The molecule has 1 N–H and O–H groups in total. The van der Waals surface area contributed by atoms with E-state index in [0.717, 1.165) is 31.7 Å². The molecule has 1 fully saturated rings. The Labute approximate surface area is 126 Å². The Bertz CT molecular complexity index is 448. The van der Waals surface area contributed by atoms with Crippen LogP contribution in [0, 0.1) is 0 Å². The van der Waals surface area contributed by atoms with Crippen LogP contribution in [0.3, 0.4) is 0 Å². The third-order valence-electron chi connectivity index (χ3n) is 3.90. The molecule has 1 heterocycles. The monoisotopic (exact) mass is 298 g/mol. The van der Waals surface area contributed by atoms with E-state index in [4.69, 9.17) is 21.1 Å². The summed E-state index contributed by atoms with van der Waals surface area (Å²) in [5.74, 6) is 1.29. The molecule has 4 nitrogen and oxygen atoms in total. The minimum atomic E-state index is 0.587. The predicted molar refractivity (Wildman–Crippen MR) is 81.9 cm³/mol. The maximum atomic E-state index is 6.45. The number of methoxy groups -OCH3 is 2. The number of rotatable bonds is 6. The van der Waals surface area contributed by atoms with Gasteiger partial charge in [0.15, 0.2) is 11.5 Å². The summed E-state index contributed by atoms with van der Waals surface area (Å²) in [4.78, 5) is 2.45. The summed E-state index contributed by atoms with van der Waals surface area (Å²) in [5.41, 5.74) is 1.08. The van der Waals surface area contributed by atoms with Crippen LogP contribution < -0.4 is 14.8 Å². The van der Waals surface area contributed by atoms with Gasteiger partial charge >= 0.3 is 0 Å². The summed E-state index contributed by atoms with van der Waals surface area (Å²) < 4.78 is 10.6. The van der Waals surface area contributed by atoms with Gasteiger partial charge in [-0.3, -0.25) is 4.90 Å². The van der Waals surface area contributed by atoms with Crippen LogP contribution >= 0.6 is 11.6 Å². The van der Waals surface area contributed by atoms with Crippen LogP contribution in [0.15, 0.2) is 12.1 Å². The lowest BCUT2D eigenvalue weighted by atomic mass is 10.1.